The molecule has 2 aromatic rings. The highest BCUT2D eigenvalue weighted by Gasteiger charge is 2.29. The van der Waals surface area contributed by atoms with Crippen LogP contribution in [0.3, 0.4) is 0 Å². The molecule has 1 aromatic heterocycles. The number of carbonyl (C=O) groups excluding carboxylic acids is 2. The third kappa shape index (κ3) is 6.94. The molecule has 1 unspecified atom stereocenters. The minimum Gasteiger partial charge on any atom is -0.497 e. The number of amides is 2. The second-order valence-corrected chi connectivity index (χ2v) is 8.85. The zero-order chi connectivity index (χ0) is 25.2. The van der Waals surface area contributed by atoms with Crippen LogP contribution in [0, 0.1) is 11.3 Å². The normalized spacial score (nSPS) is 16.4. The Morgan fingerprint density at radius 3 is 2.89 bits per heavy atom. The fraction of sp³-hybridized carbons (Fsp3) is 0.480. The molecule has 9 nitrogen and oxygen atoms in total. The van der Waals surface area contributed by atoms with Gasteiger partial charge in [0.15, 0.2) is 0 Å². The summed E-state index contributed by atoms with van der Waals surface area (Å²) in [4.78, 5) is 27.5. The number of aryl methyl sites for hydroxylation is 1. The largest absolute Gasteiger partial charge is 0.497 e. The average molecular weight is 502 g/mol. The van der Waals surface area contributed by atoms with Crippen molar-refractivity contribution in [3.8, 4) is 11.8 Å². The van der Waals surface area contributed by atoms with Gasteiger partial charge in [-0.2, -0.15) is 5.26 Å². The van der Waals surface area contributed by atoms with Gasteiger partial charge in [0.2, 0.25) is 5.91 Å². The number of nitrogens with one attached hydrogen (secondary N) is 1. The molecule has 0 aliphatic carbocycles. The molecule has 1 saturated heterocycles. The molecule has 10 heteroatoms. The molecule has 1 aromatic carbocycles. The number of fused-ring (bicyclic) bond motifs is 1. The summed E-state index contributed by atoms with van der Waals surface area (Å²) < 4.78 is 20.9. The number of hydrogen-bond donors (Lipinski definition) is 1. The van der Waals surface area contributed by atoms with E-state index in [1.807, 2.05) is 38.1 Å². The van der Waals surface area contributed by atoms with Crippen LogP contribution >= 0.6 is 11.3 Å². The third-order valence-corrected chi connectivity index (χ3v) is 6.67. The van der Waals surface area contributed by atoms with E-state index in [9.17, 15) is 14.9 Å². The van der Waals surface area contributed by atoms with Gasteiger partial charge >= 0.3 is 6.09 Å². The first-order chi connectivity index (χ1) is 17.1. The van der Waals surface area contributed by atoms with Crippen molar-refractivity contribution >= 4 is 28.3 Å². The maximum atomic E-state index is 12.6. The molecule has 0 radical (unpaired) electrons. The molecule has 2 amide bonds. The van der Waals surface area contributed by atoms with E-state index in [0.29, 0.717) is 43.1 Å². The number of rotatable bonds is 7. The predicted molar refractivity (Wildman–Crippen MR) is 131 cm³/mol. The van der Waals surface area contributed by atoms with Crippen LogP contribution in [0.5, 0.6) is 5.75 Å². The number of carbonyl (C=O) groups is 2. The minimum atomic E-state index is -0.424. The molecular formula is C25H31N3O6S. The number of benzene rings is 1. The lowest BCUT2D eigenvalue weighted by Gasteiger charge is -2.26. The Morgan fingerprint density at radius 1 is 1.34 bits per heavy atom. The summed E-state index contributed by atoms with van der Waals surface area (Å²) in [5, 5.41) is 13.1. The van der Waals surface area contributed by atoms with Crippen LogP contribution in [-0.4, -0.2) is 56.7 Å². The van der Waals surface area contributed by atoms with Gasteiger partial charge in [-0.05, 0) is 36.1 Å². The summed E-state index contributed by atoms with van der Waals surface area (Å²) in [5.41, 5.74) is 2.37. The average Bonchev–Trinajstić information content (AvgIpc) is 3.54. The van der Waals surface area contributed by atoms with Crippen molar-refractivity contribution in [2.45, 2.75) is 45.8 Å². The SMILES string of the molecule is CC.COc1cccc(CCC(=O)Nc2sc3c(c2C#N)CCN(C(=O)OCC2COCO2)C3)c1. The molecular weight excluding hydrogens is 470 g/mol. The monoisotopic (exact) mass is 501 g/mol. The lowest BCUT2D eigenvalue weighted by atomic mass is 10.0. The standard InChI is InChI=1S/C23H25N3O6S.C2H6/c1-29-16-4-2-3-15(9-16)5-6-21(27)25-22-19(10-24)18-7-8-26(11-20(18)33-22)23(28)31-13-17-12-30-14-32-17;1-2/h2-4,9,17H,5-8,11-14H2,1H3,(H,25,27);1-2H3. The van der Waals surface area contributed by atoms with Gasteiger partial charge in [-0.15, -0.1) is 11.3 Å². The zero-order valence-electron chi connectivity index (χ0n) is 20.3. The van der Waals surface area contributed by atoms with Gasteiger partial charge in [-0.1, -0.05) is 26.0 Å². The highest BCUT2D eigenvalue weighted by atomic mass is 32.1. The number of thiophene rings is 1. The van der Waals surface area contributed by atoms with Gasteiger partial charge in [0.25, 0.3) is 0 Å². The predicted octanol–water partition coefficient (Wildman–Crippen LogP) is 4.09. The van der Waals surface area contributed by atoms with E-state index in [1.165, 1.54) is 11.3 Å². The van der Waals surface area contributed by atoms with Crippen molar-refractivity contribution in [1.82, 2.24) is 4.90 Å². The van der Waals surface area contributed by atoms with Crippen LogP contribution < -0.4 is 10.1 Å². The number of hydrogen-bond acceptors (Lipinski definition) is 8. The molecule has 1 atom stereocenters. The Kier molecular flexibility index (Phi) is 9.90. The highest BCUT2D eigenvalue weighted by molar-refractivity contribution is 7.16. The van der Waals surface area contributed by atoms with Gasteiger partial charge in [0, 0.05) is 17.8 Å². The molecule has 2 aliphatic heterocycles. The van der Waals surface area contributed by atoms with Crippen LogP contribution in [0.1, 0.15) is 41.8 Å². The van der Waals surface area contributed by atoms with Crippen molar-refractivity contribution in [3.63, 3.8) is 0 Å². The Morgan fingerprint density at radius 2 is 2.17 bits per heavy atom. The quantitative estimate of drug-likeness (QED) is 0.608. The molecule has 0 bridgehead atoms. The second-order valence-electron chi connectivity index (χ2n) is 7.75. The van der Waals surface area contributed by atoms with Crippen LogP contribution in [0.2, 0.25) is 0 Å². The highest BCUT2D eigenvalue weighted by Crippen LogP contribution is 2.37. The molecule has 35 heavy (non-hydrogen) atoms. The van der Waals surface area contributed by atoms with Crippen molar-refractivity contribution in [2.24, 2.45) is 0 Å². The maximum absolute atomic E-state index is 12.6. The van der Waals surface area contributed by atoms with Crippen LogP contribution in [0.15, 0.2) is 24.3 Å². The van der Waals surface area contributed by atoms with Gasteiger partial charge in [0.05, 0.1) is 25.8 Å². The summed E-state index contributed by atoms with van der Waals surface area (Å²) >= 11 is 1.34. The molecule has 1 N–H and O–H groups in total. The van der Waals surface area contributed by atoms with Gasteiger partial charge in [-0.3, -0.25) is 4.79 Å². The summed E-state index contributed by atoms with van der Waals surface area (Å²) in [6.07, 6.45) is 0.719. The fourth-order valence-corrected chi connectivity index (χ4v) is 4.99. The fourth-order valence-electron chi connectivity index (χ4n) is 3.76. The number of nitrogens with zero attached hydrogens (tertiary/aromatic N) is 2. The topological polar surface area (TPSA) is 110 Å². The minimum absolute atomic E-state index is 0.144. The van der Waals surface area contributed by atoms with E-state index in [4.69, 9.17) is 18.9 Å². The molecule has 2 aliphatic rings. The van der Waals surface area contributed by atoms with E-state index >= 15 is 0 Å². The smallest absolute Gasteiger partial charge is 0.410 e. The number of ether oxygens (including phenoxy) is 4. The van der Waals surface area contributed by atoms with E-state index in [-0.39, 0.29) is 31.8 Å². The Hall–Kier alpha value is -3.13. The number of nitriles is 1. The van der Waals surface area contributed by atoms with Gasteiger partial charge in [-0.25, -0.2) is 4.79 Å². The van der Waals surface area contributed by atoms with E-state index < -0.39 is 6.09 Å². The van der Waals surface area contributed by atoms with Crippen LogP contribution in [0.4, 0.5) is 9.80 Å². The van der Waals surface area contributed by atoms with Crippen molar-refractivity contribution in [1.29, 1.82) is 5.26 Å². The molecule has 0 spiro atoms. The summed E-state index contributed by atoms with van der Waals surface area (Å²) in [6.45, 7) is 5.56. The first kappa shape index (κ1) is 26.5. The molecule has 1 fully saturated rings. The van der Waals surface area contributed by atoms with Crippen molar-refractivity contribution < 1.29 is 28.5 Å². The zero-order valence-corrected chi connectivity index (χ0v) is 21.1. The van der Waals surface area contributed by atoms with Crippen molar-refractivity contribution in [2.75, 3.05) is 39.0 Å². The Labute approximate surface area is 209 Å². The van der Waals surface area contributed by atoms with Crippen LogP contribution in [-0.2, 0) is 38.4 Å². The molecule has 4 rings (SSSR count). The third-order valence-electron chi connectivity index (χ3n) is 5.54. The van der Waals surface area contributed by atoms with E-state index in [0.717, 1.165) is 21.8 Å². The maximum Gasteiger partial charge on any atom is 0.410 e. The summed E-state index contributed by atoms with van der Waals surface area (Å²) in [7, 11) is 1.60. The van der Waals surface area contributed by atoms with Gasteiger partial charge < -0.3 is 29.2 Å². The van der Waals surface area contributed by atoms with Gasteiger partial charge in [0.1, 0.15) is 36.3 Å². The lowest BCUT2D eigenvalue weighted by molar-refractivity contribution is -0.116. The van der Waals surface area contributed by atoms with Crippen molar-refractivity contribution in [3.05, 3.63) is 45.8 Å². The van der Waals surface area contributed by atoms with E-state index in [2.05, 4.69) is 11.4 Å². The second kappa shape index (κ2) is 13.1. The summed E-state index contributed by atoms with van der Waals surface area (Å²) in [6, 6.07) is 9.81. The number of anilines is 1. The Bertz CT molecular complexity index is 1060. The first-order valence-electron chi connectivity index (χ1n) is 11.7. The first-order valence-corrected chi connectivity index (χ1v) is 12.5. The van der Waals surface area contributed by atoms with Crippen LogP contribution in [0.25, 0.3) is 0 Å². The summed E-state index contributed by atoms with van der Waals surface area (Å²) in [5.74, 6) is 0.584. The van der Waals surface area contributed by atoms with E-state index in [1.54, 1.807) is 12.0 Å². The lowest BCUT2D eigenvalue weighted by Crippen LogP contribution is -2.37. The molecule has 0 saturated carbocycles. The molecule has 188 valence electrons. The number of methoxy groups -OCH3 is 1. The Balaban J connectivity index is 0.00000167. The molecule has 3 heterocycles.